The standard InChI is InChI=1S/C14H13ClN6O5S/c1-25-10-8(11(26-2)19-14(18-10)20-13(16)22)27(23,24)12-9(15)17-7-5-3-4-6-21(7)12/h3-6H,1-2H3,(H3,16,18,19,20,22). The second-order valence-corrected chi connectivity index (χ2v) is 7.18. The molecule has 0 atom stereocenters. The third-order valence-corrected chi connectivity index (χ3v) is 5.56. The first-order valence-electron chi connectivity index (χ1n) is 7.23. The zero-order chi connectivity index (χ0) is 19.8. The third-order valence-electron chi connectivity index (χ3n) is 3.39. The van der Waals surface area contributed by atoms with Gasteiger partial charge in [-0.2, -0.15) is 9.97 Å². The lowest BCUT2D eigenvalue weighted by Crippen LogP contribution is -2.22. The number of anilines is 1. The van der Waals surface area contributed by atoms with Gasteiger partial charge in [-0.25, -0.2) is 18.2 Å². The Morgan fingerprint density at radius 3 is 2.37 bits per heavy atom. The van der Waals surface area contributed by atoms with Crippen LogP contribution in [0.3, 0.4) is 0 Å². The molecule has 0 aromatic carbocycles. The maximum absolute atomic E-state index is 13.3. The second kappa shape index (κ2) is 6.89. The summed E-state index contributed by atoms with van der Waals surface area (Å²) in [6, 6.07) is 3.95. The molecule has 0 unspecified atom stereocenters. The first-order valence-corrected chi connectivity index (χ1v) is 9.09. The number of urea groups is 1. The molecular formula is C14H13ClN6O5S. The fourth-order valence-corrected chi connectivity index (χ4v) is 4.44. The van der Waals surface area contributed by atoms with Crippen molar-refractivity contribution in [3.63, 3.8) is 0 Å². The molecule has 3 rings (SSSR count). The van der Waals surface area contributed by atoms with Gasteiger partial charge in [-0.3, -0.25) is 9.72 Å². The number of carbonyl (C=O) groups is 1. The van der Waals surface area contributed by atoms with Crippen LogP contribution in [0.4, 0.5) is 10.7 Å². The average molecular weight is 413 g/mol. The van der Waals surface area contributed by atoms with Gasteiger partial charge in [0.05, 0.1) is 14.2 Å². The van der Waals surface area contributed by atoms with Crippen LogP contribution in [-0.4, -0.2) is 48.0 Å². The maximum atomic E-state index is 13.3. The van der Waals surface area contributed by atoms with Gasteiger partial charge >= 0.3 is 6.03 Å². The van der Waals surface area contributed by atoms with Crippen molar-refractivity contribution in [2.24, 2.45) is 5.73 Å². The normalized spacial score (nSPS) is 11.4. The fourth-order valence-electron chi connectivity index (χ4n) is 2.36. The molecule has 3 aromatic rings. The Morgan fingerprint density at radius 2 is 1.81 bits per heavy atom. The number of nitrogens with one attached hydrogen (secondary N) is 1. The number of primary amides is 1. The Balaban J connectivity index is 2.31. The van der Waals surface area contributed by atoms with Crippen LogP contribution in [0.15, 0.2) is 34.3 Å². The van der Waals surface area contributed by atoms with Crippen molar-refractivity contribution in [2.75, 3.05) is 19.5 Å². The molecule has 0 spiro atoms. The summed E-state index contributed by atoms with van der Waals surface area (Å²) >= 11 is 6.09. The van der Waals surface area contributed by atoms with E-state index in [1.165, 1.54) is 24.8 Å². The van der Waals surface area contributed by atoms with Gasteiger partial charge in [0.25, 0.3) is 0 Å². The average Bonchev–Trinajstić information content (AvgIpc) is 2.96. The van der Waals surface area contributed by atoms with Gasteiger partial charge in [0.2, 0.25) is 27.5 Å². The Labute approximate surface area is 158 Å². The number of fused-ring (bicyclic) bond motifs is 1. The predicted molar refractivity (Wildman–Crippen MR) is 94.0 cm³/mol. The quantitative estimate of drug-likeness (QED) is 0.632. The van der Waals surface area contributed by atoms with Crippen molar-refractivity contribution in [1.82, 2.24) is 19.4 Å². The number of methoxy groups -OCH3 is 2. The highest BCUT2D eigenvalue weighted by atomic mass is 35.5. The number of aromatic nitrogens is 4. The molecular weight excluding hydrogens is 400 g/mol. The zero-order valence-corrected chi connectivity index (χ0v) is 15.6. The summed E-state index contributed by atoms with van der Waals surface area (Å²) in [7, 11) is -1.94. The number of sulfone groups is 1. The van der Waals surface area contributed by atoms with Gasteiger partial charge in [-0.15, -0.1) is 0 Å². The molecule has 0 saturated heterocycles. The molecule has 11 nitrogen and oxygen atoms in total. The molecule has 0 bridgehead atoms. The highest BCUT2D eigenvalue weighted by molar-refractivity contribution is 7.91. The van der Waals surface area contributed by atoms with Crippen LogP contribution in [0.25, 0.3) is 5.65 Å². The molecule has 0 aliphatic heterocycles. The molecule has 13 heteroatoms. The van der Waals surface area contributed by atoms with Crippen LogP contribution in [0.2, 0.25) is 5.15 Å². The molecule has 27 heavy (non-hydrogen) atoms. The van der Waals surface area contributed by atoms with Crippen molar-refractivity contribution in [2.45, 2.75) is 9.92 Å². The van der Waals surface area contributed by atoms with E-state index in [1.807, 2.05) is 0 Å². The summed E-state index contributed by atoms with van der Waals surface area (Å²) < 4.78 is 38.1. The summed E-state index contributed by atoms with van der Waals surface area (Å²) in [6.45, 7) is 0. The van der Waals surface area contributed by atoms with E-state index in [2.05, 4.69) is 20.3 Å². The van der Waals surface area contributed by atoms with Gasteiger partial charge < -0.3 is 15.2 Å². The van der Waals surface area contributed by atoms with Crippen LogP contribution < -0.4 is 20.5 Å². The van der Waals surface area contributed by atoms with E-state index >= 15 is 0 Å². The van der Waals surface area contributed by atoms with Crippen molar-refractivity contribution < 1.29 is 22.7 Å². The van der Waals surface area contributed by atoms with Gasteiger partial charge in [-0.05, 0) is 12.1 Å². The van der Waals surface area contributed by atoms with E-state index < -0.39 is 20.8 Å². The minimum atomic E-state index is -4.33. The van der Waals surface area contributed by atoms with E-state index in [1.54, 1.807) is 18.2 Å². The van der Waals surface area contributed by atoms with Crippen LogP contribution >= 0.6 is 11.6 Å². The molecule has 0 fully saturated rings. The van der Waals surface area contributed by atoms with Crippen LogP contribution in [0.1, 0.15) is 0 Å². The Kier molecular flexibility index (Phi) is 4.76. The molecule has 2 amide bonds. The topological polar surface area (TPSA) is 151 Å². The highest BCUT2D eigenvalue weighted by Gasteiger charge is 2.35. The van der Waals surface area contributed by atoms with E-state index in [-0.39, 0.29) is 27.9 Å². The second-order valence-electron chi connectivity index (χ2n) is 5.02. The zero-order valence-electron chi connectivity index (χ0n) is 14.0. The van der Waals surface area contributed by atoms with E-state index in [0.29, 0.717) is 5.65 Å². The third kappa shape index (κ3) is 3.19. The number of halogens is 1. The van der Waals surface area contributed by atoms with E-state index in [0.717, 1.165) is 0 Å². The molecule has 3 aromatic heterocycles. The molecule has 3 heterocycles. The summed E-state index contributed by atoms with van der Waals surface area (Å²) in [6.07, 6.45) is 1.49. The molecule has 0 radical (unpaired) electrons. The number of hydrogen-bond donors (Lipinski definition) is 2. The summed E-state index contributed by atoms with van der Waals surface area (Å²) in [5.74, 6) is -1.03. The van der Waals surface area contributed by atoms with Crippen molar-refractivity contribution >= 4 is 39.1 Å². The number of imidazole rings is 1. The minimum Gasteiger partial charge on any atom is -0.480 e. The van der Waals surface area contributed by atoms with Gasteiger partial charge in [-0.1, -0.05) is 17.7 Å². The SMILES string of the molecule is COc1nc(NC(N)=O)nc(OC)c1S(=O)(=O)c1c(Cl)nc2ccccn12. The first-order chi connectivity index (χ1) is 12.8. The summed E-state index contributed by atoms with van der Waals surface area (Å²) in [5.41, 5.74) is 5.36. The number of carbonyl (C=O) groups excluding carboxylic acids is 1. The number of pyridine rings is 1. The largest absolute Gasteiger partial charge is 0.480 e. The van der Waals surface area contributed by atoms with Gasteiger partial charge in [0.15, 0.2) is 15.1 Å². The highest BCUT2D eigenvalue weighted by Crippen LogP contribution is 2.38. The van der Waals surface area contributed by atoms with Crippen molar-refractivity contribution in [3.05, 3.63) is 29.5 Å². The lowest BCUT2D eigenvalue weighted by molar-refractivity contribution is 0.259. The number of nitrogens with two attached hydrogens (primary N) is 1. The Morgan fingerprint density at radius 1 is 1.19 bits per heavy atom. The Bertz CT molecular complexity index is 1120. The molecule has 0 aliphatic rings. The lowest BCUT2D eigenvalue weighted by atomic mass is 10.5. The lowest BCUT2D eigenvalue weighted by Gasteiger charge is -2.13. The first kappa shape index (κ1) is 18.7. The van der Waals surface area contributed by atoms with Crippen LogP contribution in [0.5, 0.6) is 11.8 Å². The fraction of sp³-hybridized carbons (Fsp3) is 0.143. The smallest absolute Gasteiger partial charge is 0.319 e. The summed E-state index contributed by atoms with van der Waals surface area (Å²) in [5, 5.41) is 1.57. The summed E-state index contributed by atoms with van der Waals surface area (Å²) in [4.78, 5) is 22.3. The molecule has 3 N–H and O–H groups in total. The van der Waals surface area contributed by atoms with E-state index in [9.17, 15) is 13.2 Å². The molecule has 0 aliphatic carbocycles. The van der Waals surface area contributed by atoms with Crippen LogP contribution in [0, 0.1) is 0 Å². The number of amides is 2. The number of nitrogens with zero attached hydrogens (tertiary/aromatic N) is 4. The van der Waals surface area contributed by atoms with Crippen LogP contribution in [-0.2, 0) is 9.84 Å². The minimum absolute atomic E-state index is 0.246. The van der Waals surface area contributed by atoms with Crippen molar-refractivity contribution in [1.29, 1.82) is 0 Å². The molecule has 0 saturated carbocycles. The molecule has 142 valence electrons. The monoisotopic (exact) mass is 412 g/mol. The Hall–Kier alpha value is -3.12. The van der Waals surface area contributed by atoms with E-state index in [4.69, 9.17) is 26.8 Å². The van der Waals surface area contributed by atoms with Gasteiger partial charge in [0, 0.05) is 6.20 Å². The maximum Gasteiger partial charge on any atom is 0.319 e. The predicted octanol–water partition coefficient (Wildman–Crippen LogP) is 1.12. The van der Waals surface area contributed by atoms with Crippen molar-refractivity contribution in [3.8, 4) is 11.8 Å². The number of hydrogen-bond acceptors (Lipinski definition) is 8. The number of rotatable bonds is 5. The van der Waals surface area contributed by atoms with Gasteiger partial charge in [0.1, 0.15) is 5.65 Å². The number of ether oxygens (including phenoxy) is 2.